The second kappa shape index (κ2) is 6.18. The van der Waals surface area contributed by atoms with Crippen molar-refractivity contribution in [3.05, 3.63) is 59.9 Å². The number of benzene rings is 1. The Balaban J connectivity index is 1.98. The highest BCUT2D eigenvalue weighted by Crippen LogP contribution is 2.35. The van der Waals surface area contributed by atoms with Gasteiger partial charge in [0, 0.05) is 18.9 Å². The van der Waals surface area contributed by atoms with E-state index in [2.05, 4.69) is 4.98 Å². The molecule has 1 saturated heterocycles. The van der Waals surface area contributed by atoms with Gasteiger partial charge in [-0.3, -0.25) is 4.98 Å². The Bertz CT molecular complexity index is 727. The molecular weight excluding hydrogens is 296 g/mol. The number of sulfonamides is 1. The predicted octanol–water partition coefficient (Wildman–Crippen LogP) is 3.31. The van der Waals surface area contributed by atoms with E-state index in [-0.39, 0.29) is 6.04 Å². The van der Waals surface area contributed by atoms with Crippen molar-refractivity contribution in [2.45, 2.75) is 37.1 Å². The van der Waals surface area contributed by atoms with E-state index in [1.165, 1.54) is 0 Å². The highest BCUT2D eigenvalue weighted by Gasteiger charge is 2.34. The number of nitrogens with zero attached hydrogens (tertiary/aromatic N) is 2. The number of hydrogen-bond acceptors (Lipinski definition) is 3. The first kappa shape index (κ1) is 15.2. The van der Waals surface area contributed by atoms with Crippen LogP contribution in [-0.2, 0) is 10.0 Å². The van der Waals surface area contributed by atoms with Gasteiger partial charge < -0.3 is 0 Å². The molecular formula is C17H20N2O2S. The molecule has 1 aromatic carbocycles. The van der Waals surface area contributed by atoms with E-state index in [1.54, 1.807) is 28.8 Å². The minimum atomic E-state index is -3.46. The van der Waals surface area contributed by atoms with Crippen molar-refractivity contribution < 1.29 is 8.42 Å². The number of hydrogen-bond donors (Lipinski definition) is 0. The molecule has 5 heteroatoms. The monoisotopic (exact) mass is 316 g/mol. The summed E-state index contributed by atoms with van der Waals surface area (Å²) in [5.74, 6) is 0. The fourth-order valence-corrected chi connectivity index (χ4v) is 4.64. The summed E-state index contributed by atoms with van der Waals surface area (Å²) < 4.78 is 27.6. The second-order valence-corrected chi connectivity index (χ2v) is 7.61. The summed E-state index contributed by atoms with van der Waals surface area (Å²) in [6, 6.07) is 10.8. The summed E-state index contributed by atoms with van der Waals surface area (Å²) in [5, 5.41) is 0. The van der Waals surface area contributed by atoms with E-state index in [9.17, 15) is 8.42 Å². The highest BCUT2D eigenvalue weighted by atomic mass is 32.2. The van der Waals surface area contributed by atoms with Gasteiger partial charge in [-0.1, -0.05) is 24.1 Å². The van der Waals surface area contributed by atoms with Crippen LogP contribution in [0.4, 0.5) is 0 Å². The van der Waals surface area contributed by atoms with E-state index in [0.717, 1.165) is 30.4 Å². The van der Waals surface area contributed by atoms with Gasteiger partial charge in [-0.25, -0.2) is 8.42 Å². The molecule has 1 aromatic heterocycles. The molecule has 3 rings (SSSR count). The Labute approximate surface area is 131 Å². The molecule has 2 heterocycles. The topological polar surface area (TPSA) is 50.3 Å². The molecule has 0 N–H and O–H groups in total. The maximum absolute atomic E-state index is 13.0. The average Bonchev–Trinajstić information content (AvgIpc) is 2.56. The van der Waals surface area contributed by atoms with Gasteiger partial charge in [0.2, 0.25) is 10.0 Å². The van der Waals surface area contributed by atoms with Crippen LogP contribution in [0.5, 0.6) is 0 Å². The van der Waals surface area contributed by atoms with Gasteiger partial charge in [0.25, 0.3) is 0 Å². The zero-order valence-electron chi connectivity index (χ0n) is 12.6. The minimum Gasteiger partial charge on any atom is -0.265 e. The largest absolute Gasteiger partial charge is 0.265 e. The van der Waals surface area contributed by atoms with Gasteiger partial charge >= 0.3 is 0 Å². The van der Waals surface area contributed by atoms with E-state index in [0.29, 0.717) is 11.4 Å². The van der Waals surface area contributed by atoms with Gasteiger partial charge in [0.1, 0.15) is 0 Å². The predicted molar refractivity (Wildman–Crippen MR) is 85.9 cm³/mol. The van der Waals surface area contributed by atoms with Crippen molar-refractivity contribution in [2.24, 2.45) is 0 Å². The van der Waals surface area contributed by atoms with Gasteiger partial charge in [-0.15, -0.1) is 0 Å². The Kier molecular flexibility index (Phi) is 4.27. The van der Waals surface area contributed by atoms with Crippen molar-refractivity contribution in [3.8, 4) is 0 Å². The van der Waals surface area contributed by atoms with Crippen molar-refractivity contribution in [2.75, 3.05) is 6.54 Å². The summed E-state index contributed by atoms with van der Waals surface area (Å²) in [6.07, 6.45) is 6.26. The van der Waals surface area contributed by atoms with Crippen LogP contribution in [0.15, 0.2) is 53.7 Å². The van der Waals surface area contributed by atoms with Gasteiger partial charge in [-0.05, 0) is 49.6 Å². The number of piperidine rings is 1. The minimum absolute atomic E-state index is 0.0944. The molecule has 1 fully saturated rings. The van der Waals surface area contributed by atoms with Crippen LogP contribution in [0.2, 0.25) is 0 Å². The van der Waals surface area contributed by atoms with E-state index >= 15 is 0 Å². The quantitative estimate of drug-likeness (QED) is 0.873. The van der Waals surface area contributed by atoms with Gasteiger partial charge in [0.05, 0.1) is 10.9 Å². The number of pyridine rings is 1. The zero-order chi connectivity index (χ0) is 15.6. The smallest absolute Gasteiger partial charge is 0.243 e. The van der Waals surface area contributed by atoms with Crippen molar-refractivity contribution in [3.63, 3.8) is 0 Å². The normalized spacial score (nSPS) is 20.0. The van der Waals surface area contributed by atoms with Crippen LogP contribution in [0.25, 0.3) is 0 Å². The molecule has 116 valence electrons. The molecule has 1 aliphatic rings. The first-order valence-electron chi connectivity index (χ1n) is 7.57. The maximum atomic E-state index is 13.0. The molecule has 22 heavy (non-hydrogen) atoms. The summed E-state index contributed by atoms with van der Waals surface area (Å²) in [6.45, 7) is 2.53. The summed E-state index contributed by atoms with van der Waals surface area (Å²) in [7, 11) is -3.46. The van der Waals surface area contributed by atoms with Crippen LogP contribution < -0.4 is 0 Å². The molecule has 0 amide bonds. The molecule has 0 aliphatic carbocycles. The lowest BCUT2D eigenvalue weighted by Crippen LogP contribution is -2.38. The molecule has 1 atom stereocenters. The summed E-state index contributed by atoms with van der Waals surface area (Å²) in [4.78, 5) is 4.40. The molecule has 0 saturated carbocycles. The van der Waals surface area contributed by atoms with Crippen molar-refractivity contribution in [1.29, 1.82) is 0 Å². The number of aryl methyl sites for hydroxylation is 1. The lowest BCUT2D eigenvalue weighted by molar-refractivity contribution is 0.256. The molecule has 0 radical (unpaired) electrons. The molecule has 2 aromatic rings. The summed E-state index contributed by atoms with van der Waals surface area (Å²) in [5.41, 5.74) is 2.08. The SMILES string of the molecule is Cc1ccc(S(=O)(=O)N2CCCCC2c2ccncc2)cc1. The fourth-order valence-electron chi connectivity index (χ4n) is 2.96. The Morgan fingerprint density at radius 2 is 1.73 bits per heavy atom. The van der Waals surface area contributed by atoms with Crippen LogP contribution >= 0.6 is 0 Å². The van der Waals surface area contributed by atoms with Gasteiger partial charge in [0.15, 0.2) is 0 Å². The van der Waals surface area contributed by atoms with Gasteiger partial charge in [-0.2, -0.15) is 4.31 Å². The maximum Gasteiger partial charge on any atom is 0.243 e. The third-order valence-corrected chi connectivity index (χ3v) is 6.09. The third kappa shape index (κ3) is 2.91. The first-order valence-corrected chi connectivity index (χ1v) is 9.01. The van der Waals surface area contributed by atoms with E-state index in [4.69, 9.17) is 0 Å². The van der Waals surface area contributed by atoms with Crippen molar-refractivity contribution >= 4 is 10.0 Å². The van der Waals surface area contributed by atoms with E-state index in [1.807, 2.05) is 31.2 Å². The lowest BCUT2D eigenvalue weighted by Gasteiger charge is -2.35. The van der Waals surface area contributed by atoms with Crippen LogP contribution in [-0.4, -0.2) is 24.3 Å². The van der Waals surface area contributed by atoms with Crippen LogP contribution in [0, 0.1) is 6.92 Å². The Morgan fingerprint density at radius 1 is 1.05 bits per heavy atom. The third-order valence-electron chi connectivity index (χ3n) is 4.17. The average molecular weight is 316 g/mol. The molecule has 0 spiro atoms. The van der Waals surface area contributed by atoms with Crippen LogP contribution in [0.3, 0.4) is 0 Å². The van der Waals surface area contributed by atoms with Crippen LogP contribution in [0.1, 0.15) is 36.4 Å². The Hall–Kier alpha value is -1.72. The fraction of sp³-hybridized carbons (Fsp3) is 0.353. The van der Waals surface area contributed by atoms with Crippen molar-refractivity contribution in [1.82, 2.24) is 9.29 Å². The standard InChI is InChI=1S/C17H20N2O2S/c1-14-5-7-16(8-6-14)22(20,21)19-13-3-2-4-17(19)15-9-11-18-12-10-15/h5-12,17H,2-4,13H2,1H3. The highest BCUT2D eigenvalue weighted by molar-refractivity contribution is 7.89. The lowest BCUT2D eigenvalue weighted by atomic mass is 9.98. The molecule has 1 unspecified atom stereocenters. The molecule has 1 aliphatic heterocycles. The molecule has 4 nitrogen and oxygen atoms in total. The number of rotatable bonds is 3. The Morgan fingerprint density at radius 3 is 2.41 bits per heavy atom. The first-order chi connectivity index (χ1) is 10.6. The van der Waals surface area contributed by atoms with E-state index < -0.39 is 10.0 Å². The second-order valence-electron chi connectivity index (χ2n) is 5.72. The molecule has 0 bridgehead atoms. The zero-order valence-corrected chi connectivity index (χ0v) is 13.5. The number of aromatic nitrogens is 1. The summed E-state index contributed by atoms with van der Waals surface area (Å²) >= 11 is 0.